The molecule has 0 saturated carbocycles. The molecule has 0 amide bonds. The largest absolute Gasteiger partial charge is 0.458 e. The van der Waals surface area contributed by atoms with E-state index >= 15 is 0 Å². The Morgan fingerprint density at radius 3 is 1.68 bits per heavy atom. The van der Waals surface area contributed by atoms with E-state index in [1.165, 1.54) is 0 Å². The maximum atomic E-state index is 11.7. The zero-order valence-electron chi connectivity index (χ0n) is 12.6. The van der Waals surface area contributed by atoms with Crippen molar-refractivity contribution in [1.82, 2.24) is 0 Å². The van der Waals surface area contributed by atoms with Gasteiger partial charge in [-0.3, -0.25) is 0 Å². The Balaban J connectivity index is 5.08. The van der Waals surface area contributed by atoms with Gasteiger partial charge in [-0.15, -0.1) is 0 Å². The van der Waals surface area contributed by atoms with Crippen molar-refractivity contribution in [3.63, 3.8) is 0 Å². The van der Waals surface area contributed by atoms with E-state index in [0.717, 1.165) is 0 Å². The van der Waals surface area contributed by atoms with Crippen molar-refractivity contribution < 1.29 is 14.3 Å². The second-order valence-electron chi connectivity index (χ2n) is 5.23. The van der Waals surface area contributed by atoms with E-state index in [1.807, 2.05) is 0 Å². The molecule has 0 saturated heterocycles. The average Bonchev–Trinajstić information content (AvgIpc) is 2.44. The van der Waals surface area contributed by atoms with Gasteiger partial charge in [-0.2, -0.15) is 0 Å². The molecular formula is C10H17N9O3. The highest BCUT2D eigenvalue weighted by atomic mass is 16.6. The quantitative estimate of drug-likeness (QED) is 0.275. The van der Waals surface area contributed by atoms with Gasteiger partial charge in [0.1, 0.15) is 12.2 Å². The van der Waals surface area contributed by atoms with Crippen molar-refractivity contribution in [2.45, 2.75) is 32.0 Å². The lowest BCUT2D eigenvalue weighted by atomic mass is 10.1. The van der Waals surface area contributed by atoms with E-state index < -0.39 is 23.8 Å². The third-order valence-electron chi connectivity index (χ3n) is 2.18. The standard InChI is InChI=1S/C10H17N9O3/c1-9(2,3)22-8(20)4-21-10(5-14-17-11,6-15-18-12)7-16-19-13/h4-7H2,1-3H3. The third-order valence-corrected chi connectivity index (χ3v) is 2.18. The molecule has 0 aromatic heterocycles. The van der Waals surface area contributed by atoms with Gasteiger partial charge in [-0.25, -0.2) is 4.79 Å². The molecule has 0 aliphatic rings. The van der Waals surface area contributed by atoms with Crippen molar-refractivity contribution >= 4 is 5.97 Å². The fraction of sp³-hybridized carbons (Fsp3) is 0.900. The van der Waals surface area contributed by atoms with Crippen molar-refractivity contribution in [2.24, 2.45) is 15.3 Å². The van der Waals surface area contributed by atoms with Gasteiger partial charge in [-0.05, 0) is 37.4 Å². The van der Waals surface area contributed by atoms with E-state index in [2.05, 4.69) is 30.1 Å². The Hall–Kier alpha value is -2.64. The molecular weight excluding hydrogens is 294 g/mol. The molecule has 0 N–H and O–H groups in total. The smallest absolute Gasteiger partial charge is 0.332 e. The van der Waals surface area contributed by atoms with Crippen LogP contribution in [0.3, 0.4) is 0 Å². The molecule has 0 aliphatic heterocycles. The third kappa shape index (κ3) is 8.51. The first-order valence-corrected chi connectivity index (χ1v) is 6.17. The summed E-state index contributed by atoms with van der Waals surface area (Å²) in [5.74, 6) is -0.653. The van der Waals surface area contributed by atoms with Gasteiger partial charge >= 0.3 is 5.97 Å². The molecule has 120 valence electrons. The molecule has 0 fully saturated rings. The maximum Gasteiger partial charge on any atom is 0.332 e. The topological polar surface area (TPSA) is 182 Å². The van der Waals surface area contributed by atoms with Crippen LogP contribution in [-0.2, 0) is 14.3 Å². The maximum absolute atomic E-state index is 11.7. The van der Waals surface area contributed by atoms with E-state index in [0.29, 0.717) is 0 Å². The van der Waals surface area contributed by atoms with Crippen molar-refractivity contribution in [3.8, 4) is 0 Å². The Morgan fingerprint density at radius 1 is 0.955 bits per heavy atom. The zero-order chi connectivity index (χ0) is 17.1. The summed E-state index contributed by atoms with van der Waals surface area (Å²) in [7, 11) is 0. The van der Waals surface area contributed by atoms with Crippen LogP contribution in [0.1, 0.15) is 20.8 Å². The van der Waals surface area contributed by atoms with E-state index in [9.17, 15) is 4.79 Å². The molecule has 0 aliphatic carbocycles. The second kappa shape index (κ2) is 9.32. The number of azide groups is 3. The van der Waals surface area contributed by atoms with Gasteiger partial charge in [0.15, 0.2) is 0 Å². The monoisotopic (exact) mass is 311 g/mol. The summed E-state index contributed by atoms with van der Waals surface area (Å²) in [5, 5.41) is 10.0. The minimum atomic E-state index is -1.40. The molecule has 12 heteroatoms. The first-order valence-electron chi connectivity index (χ1n) is 6.17. The van der Waals surface area contributed by atoms with Crippen molar-refractivity contribution in [1.29, 1.82) is 0 Å². The van der Waals surface area contributed by atoms with Crippen LogP contribution in [0.4, 0.5) is 0 Å². The summed E-state index contributed by atoms with van der Waals surface area (Å²) in [6.07, 6.45) is 0. The predicted octanol–water partition coefficient (Wildman–Crippen LogP) is 3.01. The molecule has 0 rings (SSSR count). The number of carbonyl (C=O) groups is 1. The number of esters is 1. The van der Waals surface area contributed by atoms with Crippen LogP contribution in [0.15, 0.2) is 15.3 Å². The molecule has 0 aromatic carbocycles. The van der Waals surface area contributed by atoms with Crippen LogP contribution in [0.2, 0.25) is 0 Å². The number of nitrogens with zero attached hydrogens (tertiary/aromatic N) is 9. The second-order valence-corrected chi connectivity index (χ2v) is 5.23. The predicted molar refractivity (Wildman–Crippen MR) is 76.6 cm³/mol. The van der Waals surface area contributed by atoms with Crippen LogP contribution < -0.4 is 0 Å². The first kappa shape index (κ1) is 19.4. The molecule has 0 atom stereocenters. The van der Waals surface area contributed by atoms with Gasteiger partial charge in [0.25, 0.3) is 0 Å². The number of hydrogen-bond acceptors (Lipinski definition) is 6. The Morgan fingerprint density at radius 2 is 1.36 bits per heavy atom. The van der Waals surface area contributed by atoms with Crippen LogP contribution in [0, 0.1) is 0 Å². The Labute approximate surface area is 126 Å². The number of carbonyl (C=O) groups excluding carboxylic acids is 1. The number of hydrogen-bond donors (Lipinski definition) is 0. The fourth-order valence-corrected chi connectivity index (χ4v) is 1.35. The molecule has 0 unspecified atom stereocenters. The van der Waals surface area contributed by atoms with Gasteiger partial charge in [0, 0.05) is 14.7 Å². The summed E-state index contributed by atoms with van der Waals surface area (Å²) in [6.45, 7) is 3.79. The highest BCUT2D eigenvalue weighted by Crippen LogP contribution is 2.16. The van der Waals surface area contributed by atoms with Crippen LogP contribution >= 0.6 is 0 Å². The van der Waals surface area contributed by atoms with Crippen LogP contribution in [0.25, 0.3) is 31.3 Å². The molecule has 0 bridgehead atoms. The molecule has 22 heavy (non-hydrogen) atoms. The van der Waals surface area contributed by atoms with E-state index in [-0.39, 0.29) is 19.6 Å². The van der Waals surface area contributed by atoms with Crippen LogP contribution in [0.5, 0.6) is 0 Å². The van der Waals surface area contributed by atoms with Gasteiger partial charge < -0.3 is 9.47 Å². The minimum Gasteiger partial charge on any atom is -0.458 e. The molecule has 0 heterocycles. The lowest BCUT2D eigenvalue weighted by molar-refractivity contribution is -0.165. The fourth-order valence-electron chi connectivity index (χ4n) is 1.35. The Bertz CT molecular complexity index is 472. The Kier molecular flexibility index (Phi) is 8.21. The highest BCUT2D eigenvalue weighted by molar-refractivity contribution is 5.71. The molecule has 0 aromatic rings. The number of ether oxygens (including phenoxy) is 2. The first-order chi connectivity index (χ1) is 10.3. The minimum absolute atomic E-state index is 0.273. The SMILES string of the molecule is CC(C)(C)OC(=O)COC(CN=[N+]=[N-])(CN=[N+]=[N-])CN=[N+]=[N-]. The zero-order valence-corrected chi connectivity index (χ0v) is 12.6. The molecule has 12 nitrogen and oxygen atoms in total. The highest BCUT2D eigenvalue weighted by Gasteiger charge is 2.31. The van der Waals surface area contributed by atoms with Crippen molar-refractivity contribution in [2.75, 3.05) is 26.2 Å². The number of rotatable bonds is 9. The summed E-state index contributed by atoms with van der Waals surface area (Å²) in [5.41, 5.74) is 23.2. The summed E-state index contributed by atoms with van der Waals surface area (Å²) in [4.78, 5) is 19.4. The molecule has 0 spiro atoms. The van der Waals surface area contributed by atoms with Gasteiger partial charge in [0.2, 0.25) is 0 Å². The average molecular weight is 311 g/mol. The van der Waals surface area contributed by atoms with Crippen molar-refractivity contribution in [3.05, 3.63) is 31.3 Å². The lowest BCUT2D eigenvalue weighted by Crippen LogP contribution is -2.44. The van der Waals surface area contributed by atoms with E-state index in [1.54, 1.807) is 20.8 Å². The summed E-state index contributed by atoms with van der Waals surface area (Å²) < 4.78 is 10.4. The molecule has 0 radical (unpaired) electrons. The van der Waals surface area contributed by atoms with Gasteiger partial charge in [-0.1, -0.05) is 15.3 Å². The van der Waals surface area contributed by atoms with Gasteiger partial charge in [0.05, 0.1) is 25.2 Å². The van der Waals surface area contributed by atoms with E-state index in [4.69, 9.17) is 26.1 Å². The summed E-state index contributed by atoms with van der Waals surface area (Å²) >= 11 is 0. The normalized spacial score (nSPS) is 12.9. The summed E-state index contributed by atoms with van der Waals surface area (Å²) in [6, 6.07) is 0. The van der Waals surface area contributed by atoms with Crippen LogP contribution in [-0.4, -0.2) is 43.4 Å². The lowest BCUT2D eigenvalue weighted by Gasteiger charge is -2.29.